The summed E-state index contributed by atoms with van der Waals surface area (Å²) in [4.78, 5) is 4.00. The number of hydrogen-bond donors (Lipinski definition) is 0. The Balaban J connectivity index is 2.34. The average molecular weight is 279 g/mol. The molecule has 0 radical (unpaired) electrons. The first kappa shape index (κ1) is 12.7. The lowest BCUT2D eigenvalue weighted by Crippen LogP contribution is -1.91. The van der Waals surface area contributed by atoms with Crippen molar-refractivity contribution in [2.45, 2.75) is 6.92 Å². The quantitative estimate of drug-likeness (QED) is 0.767. The fraction of sp³-hybridized carbons (Fsp3) is 0.0769. The lowest BCUT2D eigenvalue weighted by Gasteiger charge is -2.08. The monoisotopic (exact) mass is 278 g/mol. The van der Waals surface area contributed by atoms with E-state index in [1.807, 2.05) is 13.0 Å². The summed E-state index contributed by atoms with van der Waals surface area (Å²) < 4.78 is 5.58. The van der Waals surface area contributed by atoms with Gasteiger partial charge in [0, 0.05) is 11.1 Å². The molecule has 0 spiro atoms. The van der Waals surface area contributed by atoms with Crippen molar-refractivity contribution >= 4 is 23.2 Å². The van der Waals surface area contributed by atoms with Crippen molar-refractivity contribution in [3.63, 3.8) is 0 Å². The number of aromatic nitrogens is 1. The average Bonchev–Trinajstić information content (AvgIpc) is 2.32. The standard InChI is InChI=1S/C13H8Cl2N2O/c1-8-4-10(14)2-3-11(8)18-13-6-9(7-16)5-12(15)17-13/h2-6H,1H3. The highest BCUT2D eigenvalue weighted by atomic mass is 35.5. The van der Waals surface area contributed by atoms with Gasteiger partial charge in [0.25, 0.3) is 0 Å². The predicted molar refractivity (Wildman–Crippen MR) is 70.2 cm³/mol. The van der Waals surface area contributed by atoms with Gasteiger partial charge in [0.05, 0.1) is 11.6 Å². The second kappa shape index (κ2) is 5.26. The van der Waals surface area contributed by atoms with Crippen molar-refractivity contribution < 1.29 is 4.74 Å². The maximum atomic E-state index is 8.83. The number of rotatable bonds is 2. The molecule has 2 rings (SSSR count). The summed E-state index contributed by atoms with van der Waals surface area (Å²) in [6.45, 7) is 1.87. The topological polar surface area (TPSA) is 45.9 Å². The third kappa shape index (κ3) is 2.92. The van der Waals surface area contributed by atoms with Crippen LogP contribution in [0, 0.1) is 18.3 Å². The number of halogens is 2. The summed E-state index contributed by atoms with van der Waals surface area (Å²) in [5.74, 6) is 0.905. The summed E-state index contributed by atoms with van der Waals surface area (Å²) in [7, 11) is 0. The van der Waals surface area contributed by atoms with Gasteiger partial charge in [-0.15, -0.1) is 0 Å². The molecule has 0 bridgehead atoms. The van der Waals surface area contributed by atoms with E-state index in [-0.39, 0.29) is 11.0 Å². The van der Waals surface area contributed by atoms with Gasteiger partial charge in [-0.1, -0.05) is 23.2 Å². The minimum atomic E-state index is 0.218. The number of pyridine rings is 1. The maximum absolute atomic E-state index is 8.83. The largest absolute Gasteiger partial charge is 0.439 e. The molecule has 0 saturated heterocycles. The van der Waals surface area contributed by atoms with Crippen LogP contribution in [0.1, 0.15) is 11.1 Å². The molecule has 1 heterocycles. The van der Waals surface area contributed by atoms with E-state index in [9.17, 15) is 0 Å². The number of nitrogens with zero attached hydrogens (tertiary/aromatic N) is 2. The summed E-state index contributed by atoms with van der Waals surface area (Å²) in [5, 5.41) is 9.69. The Morgan fingerprint density at radius 3 is 2.67 bits per heavy atom. The molecule has 1 aromatic heterocycles. The highest BCUT2D eigenvalue weighted by Crippen LogP contribution is 2.27. The van der Waals surface area contributed by atoms with Crippen LogP contribution in [-0.2, 0) is 0 Å². The fourth-order valence-electron chi connectivity index (χ4n) is 1.43. The number of benzene rings is 1. The second-order valence-electron chi connectivity index (χ2n) is 3.64. The molecule has 0 atom stereocenters. The number of aryl methyl sites for hydroxylation is 1. The van der Waals surface area contributed by atoms with Gasteiger partial charge in [0.2, 0.25) is 5.88 Å². The van der Waals surface area contributed by atoms with Crippen LogP contribution in [0.25, 0.3) is 0 Å². The first-order chi connectivity index (χ1) is 8.58. The van der Waals surface area contributed by atoms with Gasteiger partial charge in [0.15, 0.2) is 0 Å². The Kier molecular flexibility index (Phi) is 3.71. The number of hydrogen-bond acceptors (Lipinski definition) is 3. The summed E-state index contributed by atoms with van der Waals surface area (Å²) in [6, 6.07) is 10.2. The predicted octanol–water partition coefficient (Wildman–Crippen LogP) is 4.36. The molecule has 0 amide bonds. The van der Waals surface area contributed by atoms with E-state index in [0.29, 0.717) is 16.3 Å². The van der Waals surface area contributed by atoms with Crippen LogP contribution >= 0.6 is 23.2 Å². The van der Waals surface area contributed by atoms with E-state index < -0.39 is 0 Å². The lowest BCUT2D eigenvalue weighted by atomic mass is 10.2. The van der Waals surface area contributed by atoms with Crippen molar-refractivity contribution in [2.75, 3.05) is 0 Å². The number of ether oxygens (including phenoxy) is 1. The molecule has 0 aliphatic carbocycles. The number of nitriles is 1. The van der Waals surface area contributed by atoms with Crippen LogP contribution in [0.15, 0.2) is 30.3 Å². The SMILES string of the molecule is Cc1cc(Cl)ccc1Oc1cc(C#N)cc(Cl)n1. The van der Waals surface area contributed by atoms with Crippen molar-refractivity contribution in [1.29, 1.82) is 5.26 Å². The molecule has 0 N–H and O–H groups in total. The Morgan fingerprint density at radius 1 is 1.22 bits per heavy atom. The molecule has 90 valence electrons. The molecule has 0 unspecified atom stereocenters. The van der Waals surface area contributed by atoms with Gasteiger partial charge in [0.1, 0.15) is 10.9 Å². The molecule has 18 heavy (non-hydrogen) atoms. The molecular weight excluding hydrogens is 271 g/mol. The Morgan fingerprint density at radius 2 is 2.00 bits per heavy atom. The molecule has 1 aromatic carbocycles. The van der Waals surface area contributed by atoms with Gasteiger partial charge in [-0.25, -0.2) is 4.98 Å². The van der Waals surface area contributed by atoms with Crippen LogP contribution in [0.3, 0.4) is 0 Å². The van der Waals surface area contributed by atoms with E-state index in [2.05, 4.69) is 4.98 Å². The minimum Gasteiger partial charge on any atom is -0.439 e. The molecule has 0 fully saturated rings. The molecule has 0 saturated carbocycles. The lowest BCUT2D eigenvalue weighted by molar-refractivity contribution is 0.459. The molecule has 0 aliphatic rings. The van der Waals surface area contributed by atoms with Gasteiger partial charge in [-0.2, -0.15) is 5.26 Å². The summed E-state index contributed by atoms with van der Waals surface area (Å²) >= 11 is 11.7. The van der Waals surface area contributed by atoms with Gasteiger partial charge >= 0.3 is 0 Å². The van der Waals surface area contributed by atoms with E-state index in [0.717, 1.165) is 5.56 Å². The summed E-state index contributed by atoms with van der Waals surface area (Å²) in [5.41, 5.74) is 1.28. The zero-order valence-electron chi connectivity index (χ0n) is 9.45. The van der Waals surface area contributed by atoms with E-state index in [1.54, 1.807) is 18.2 Å². The Labute approximate surface area is 115 Å². The van der Waals surface area contributed by atoms with Gasteiger partial charge in [-0.3, -0.25) is 0 Å². The Bertz CT molecular complexity index is 635. The third-order valence-corrected chi connectivity index (χ3v) is 2.68. The zero-order chi connectivity index (χ0) is 13.1. The molecule has 3 nitrogen and oxygen atoms in total. The fourth-order valence-corrected chi connectivity index (χ4v) is 1.86. The highest BCUT2D eigenvalue weighted by molar-refractivity contribution is 6.30. The minimum absolute atomic E-state index is 0.218. The molecule has 2 aromatic rings. The first-order valence-corrected chi connectivity index (χ1v) is 5.86. The molecule has 5 heteroatoms. The smallest absolute Gasteiger partial charge is 0.221 e. The maximum Gasteiger partial charge on any atom is 0.221 e. The first-order valence-electron chi connectivity index (χ1n) is 5.10. The van der Waals surface area contributed by atoms with Crippen LogP contribution in [-0.4, -0.2) is 4.98 Å². The second-order valence-corrected chi connectivity index (χ2v) is 4.46. The van der Waals surface area contributed by atoms with Crippen molar-refractivity contribution in [2.24, 2.45) is 0 Å². The molecule has 0 aliphatic heterocycles. The van der Waals surface area contributed by atoms with Crippen molar-refractivity contribution in [1.82, 2.24) is 4.98 Å². The van der Waals surface area contributed by atoms with Gasteiger partial charge < -0.3 is 4.74 Å². The van der Waals surface area contributed by atoms with Crippen LogP contribution in [0.2, 0.25) is 10.2 Å². The summed E-state index contributed by atoms with van der Waals surface area (Å²) in [6.07, 6.45) is 0. The van der Waals surface area contributed by atoms with E-state index in [4.69, 9.17) is 33.2 Å². The van der Waals surface area contributed by atoms with Crippen molar-refractivity contribution in [3.05, 3.63) is 51.6 Å². The van der Waals surface area contributed by atoms with Gasteiger partial charge in [-0.05, 0) is 36.8 Å². The van der Waals surface area contributed by atoms with Crippen LogP contribution < -0.4 is 4.74 Å². The highest BCUT2D eigenvalue weighted by Gasteiger charge is 2.06. The van der Waals surface area contributed by atoms with Crippen LogP contribution in [0.5, 0.6) is 11.6 Å². The van der Waals surface area contributed by atoms with E-state index >= 15 is 0 Å². The van der Waals surface area contributed by atoms with Crippen molar-refractivity contribution in [3.8, 4) is 17.7 Å². The Hall–Kier alpha value is -1.76. The zero-order valence-corrected chi connectivity index (χ0v) is 11.0. The third-order valence-electron chi connectivity index (χ3n) is 2.25. The van der Waals surface area contributed by atoms with Crippen LogP contribution in [0.4, 0.5) is 0 Å². The normalized spacial score (nSPS) is 9.89. The molecular formula is C13H8Cl2N2O. The van der Waals surface area contributed by atoms with E-state index in [1.165, 1.54) is 12.1 Å².